The minimum atomic E-state index is -4.44. The van der Waals surface area contributed by atoms with E-state index in [1.807, 2.05) is 31.2 Å². The predicted octanol–water partition coefficient (Wildman–Crippen LogP) is 4.72. The first-order valence-corrected chi connectivity index (χ1v) is 9.09. The van der Waals surface area contributed by atoms with Crippen molar-refractivity contribution in [3.8, 4) is 5.75 Å². The van der Waals surface area contributed by atoms with Crippen LogP contribution in [0.5, 0.6) is 5.75 Å². The number of carbonyl (C=O) groups is 1. The van der Waals surface area contributed by atoms with Crippen LogP contribution in [0.3, 0.4) is 0 Å². The molecule has 1 atom stereocenters. The molecule has 3 aromatic carbocycles. The zero-order chi connectivity index (χ0) is 21.0. The molecule has 0 radical (unpaired) electrons. The summed E-state index contributed by atoms with van der Waals surface area (Å²) in [5.41, 5.74) is -0.166. The van der Waals surface area contributed by atoms with Gasteiger partial charge in [0.15, 0.2) is 0 Å². The molecule has 2 N–H and O–H groups in total. The van der Waals surface area contributed by atoms with E-state index in [0.29, 0.717) is 23.3 Å². The second-order valence-electron chi connectivity index (χ2n) is 6.44. The molecule has 29 heavy (non-hydrogen) atoms. The number of aliphatic hydroxyl groups excluding tert-OH is 1. The molecule has 7 heteroatoms. The molecule has 0 unspecified atom stereocenters. The summed E-state index contributed by atoms with van der Waals surface area (Å²) in [7, 11) is 0. The molecule has 3 aromatic rings. The van der Waals surface area contributed by atoms with Gasteiger partial charge in [0, 0.05) is 6.54 Å². The number of benzene rings is 3. The van der Waals surface area contributed by atoms with Crippen molar-refractivity contribution in [2.75, 3.05) is 13.2 Å². The molecule has 0 saturated heterocycles. The van der Waals surface area contributed by atoms with Crippen LogP contribution in [0, 0.1) is 0 Å². The number of alkyl halides is 3. The van der Waals surface area contributed by atoms with Crippen LogP contribution in [0.25, 0.3) is 10.8 Å². The lowest BCUT2D eigenvalue weighted by Gasteiger charge is -2.16. The highest BCUT2D eigenvalue weighted by atomic mass is 19.4. The van der Waals surface area contributed by atoms with Crippen molar-refractivity contribution in [2.24, 2.45) is 0 Å². The third kappa shape index (κ3) is 4.68. The van der Waals surface area contributed by atoms with Crippen molar-refractivity contribution in [1.29, 1.82) is 0 Å². The summed E-state index contributed by atoms with van der Waals surface area (Å²) in [5, 5.41) is 14.5. The van der Waals surface area contributed by atoms with E-state index in [1.165, 1.54) is 12.1 Å². The summed E-state index contributed by atoms with van der Waals surface area (Å²) >= 11 is 0. The lowest BCUT2D eigenvalue weighted by molar-refractivity contribution is -0.137. The van der Waals surface area contributed by atoms with Crippen molar-refractivity contribution in [2.45, 2.75) is 19.2 Å². The number of aliphatic hydroxyl groups is 1. The number of amides is 1. The van der Waals surface area contributed by atoms with Gasteiger partial charge in [0.25, 0.3) is 5.91 Å². The monoisotopic (exact) mass is 403 g/mol. The topological polar surface area (TPSA) is 58.6 Å². The first-order valence-electron chi connectivity index (χ1n) is 9.09. The molecule has 0 spiro atoms. The number of hydrogen-bond donors (Lipinski definition) is 2. The molecule has 0 aliphatic heterocycles. The van der Waals surface area contributed by atoms with Crippen LogP contribution >= 0.6 is 0 Å². The molecule has 1 amide bonds. The van der Waals surface area contributed by atoms with Crippen LogP contribution in [0.15, 0.2) is 60.7 Å². The Balaban J connectivity index is 1.77. The fourth-order valence-electron chi connectivity index (χ4n) is 3.05. The molecule has 0 fully saturated rings. The van der Waals surface area contributed by atoms with Crippen molar-refractivity contribution in [1.82, 2.24) is 5.32 Å². The Kier molecular flexibility index (Phi) is 6.08. The molecule has 152 valence electrons. The quantitative estimate of drug-likeness (QED) is 0.626. The lowest BCUT2D eigenvalue weighted by atomic mass is 10.0. The van der Waals surface area contributed by atoms with Gasteiger partial charge in [-0.05, 0) is 41.5 Å². The maximum Gasteiger partial charge on any atom is 0.416 e. The maximum atomic E-state index is 12.8. The third-order valence-corrected chi connectivity index (χ3v) is 4.50. The van der Waals surface area contributed by atoms with E-state index >= 15 is 0 Å². The van der Waals surface area contributed by atoms with Crippen LogP contribution < -0.4 is 10.1 Å². The first-order chi connectivity index (χ1) is 13.8. The molecule has 3 rings (SSSR count). The molecular formula is C22H20F3NO3. The van der Waals surface area contributed by atoms with Gasteiger partial charge < -0.3 is 15.2 Å². The molecule has 0 heterocycles. The highest BCUT2D eigenvalue weighted by Crippen LogP contribution is 2.30. The fraction of sp³-hybridized carbons (Fsp3) is 0.227. The average Bonchev–Trinajstić information content (AvgIpc) is 2.71. The fourth-order valence-corrected chi connectivity index (χ4v) is 3.05. The Morgan fingerprint density at radius 3 is 2.41 bits per heavy atom. The first kappa shape index (κ1) is 20.7. The van der Waals surface area contributed by atoms with E-state index in [2.05, 4.69) is 5.32 Å². The Labute approximate surface area is 165 Å². The SMILES string of the molecule is CCOc1ccc2ccccc2c1C(=O)NC[C@@H](O)c1ccc(C(F)(F)F)cc1. The number of fused-ring (bicyclic) bond motifs is 1. The van der Waals surface area contributed by atoms with Crippen LogP contribution in [0.4, 0.5) is 13.2 Å². The normalized spacial score (nSPS) is 12.6. The van der Waals surface area contributed by atoms with E-state index in [4.69, 9.17) is 4.74 Å². The number of nitrogens with one attached hydrogen (secondary N) is 1. The highest BCUT2D eigenvalue weighted by molar-refractivity contribution is 6.09. The number of hydrogen-bond acceptors (Lipinski definition) is 3. The lowest BCUT2D eigenvalue weighted by Crippen LogP contribution is -2.29. The van der Waals surface area contributed by atoms with Gasteiger partial charge in [-0.15, -0.1) is 0 Å². The van der Waals surface area contributed by atoms with Crippen LogP contribution in [0.1, 0.15) is 34.5 Å². The second-order valence-corrected chi connectivity index (χ2v) is 6.44. The van der Waals surface area contributed by atoms with Crippen molar-refractivity contribution in [3.05, 3.63) is 77.4 Å². The Morgan fingerprint density at radius 2 is 1.76 bits per heavy atom. The minimum Gasteiger partial charge on any atom is -0.493 e. The zero-order valence-corrected chi connectivity index (χ0v) is 15.7. The maximum absolute atomic E-state index is 12.8. The largest absolute Gasteiger partial charge is 0.493 e. The predicted molar refractivity (Wildman–Crippen MR) is 104 cm³/mol. The number of halogens is 3. The van der Waals surface area contributed by atoms with Crippen molar-refractivity contribution >= 4 is 16.7 Å². The number of carbonyl (C=O) groups excluding carboxylic acids is 1. The van der Waals surface area contributed by atoms with Crippen LogP contribution in [-0.4, -0.2) is 24.2 Å². The summed E-state index contributed by atoms with van der Waals surface area (Å²) < 4.78 is 43.6. The Bertz CT molecular complexity index is 1000. The third-order valence-electron chi connectivity index (χ3n) is 4.50. The molecule has 0 saturated carbocycles. The standard InChI is InChI=1S/C22H20F3NO3/c1-2-29-19-12-9-14-5-3-4-6-17(14)20(19)21(28)26-13-18(27)15-7-10-16(11-8-15)22(23,24)25/h3-12,18,27H,2,13H2,1H3,(H,26,28)/t18-/m1/s1. The van der Waals surface area contributed by atoms with Crippen molar-refractivity contribution < 1.29 is 27.8 Å². The van der Waals surface area contributed by atoms with Crippen LogP contribution in [-0.2, 0) is 6.18 Å². The summed E-state index contributed by atoms with van der Waals surface area (Å²) in [6.45, 7) is 2.04. The van der Waals surface area contributed by atoms with Gasteiger partial charge in [-0.1, -0.05) is 42.5 Å². The molecular weight excluding hydrogens is 383 g/mol. The summed E-state index contributed by atoms with van der Waals surface area (Å²) in [4.78, 5) is 12.8. The van der Waals surface area contributed by atoms with Gasteiger partial charge in [-0.2, -0.15) is 13.2 Å². The Morgan fingerprint density at radius 1 is 1.07 bits per heavy atom. The molecule has 0 aliphatic carbocycles. The Hall–Kier alpha value is -3.06. The second kappa shape index (κ2) is 8.53. The van der Waals surface area contributed by atoms with E-state index in [-0.39, 0.29) is 12.1 Å². The van der Waals surface area contributed by atoms with Gasteiger partial charge in [0.2, 0.25) is 0 Å². The molecule has 0 aromatic heterocycles. The smallest absolute Gasteiger partial charge is 0.416 e. The van der Waals surface area contributed by atoms with E-state index in [0.717, 1.165) is 17.5 Å². The highest BCUT2D eigenvalue weighted by Gasteiger charge is 2.30. The van der Waals surface area contributed by atoms with Gasteiger partial charge in [-0.3, -0.25) is 4.79 Å². The number of rotatable bonds is 6. The van der Waals surface area contributed by atoms with E-state index < -0.39 is 23.8 Å². The van der Waals surface area contributed by atoms with Gasteiger partial charge in [0.05, 0.1) is 23.8 Å². The summed E-state index contributed by atoms with van der Waals surface area (Å²) in [5.74, 6) is -0.0102. The summed E-state index contributed by atoms with van der Waals surface area (Å²) in [6, 6.07) is 15.1. The van der Waals surface area contributed by atoms with E-state index in [9.17, 15) is 23.1 Å². The van der Waals surface area contributed by atoms with Gasteiger partial charge >= 0.3 is 6.18 Å². The van der Waals surface area contributed by atoms with E-state index in [1.54, 1.807) is 12.1 Å². The summed E-state index contributed by atoms with van der Waals surface area (Å²) in [6.07, 6.45) is -5.59. The van der Waals surface area contributed by atoms with Gasteiger partial charge in [0.1, 0.15) is 5.75 Å². The molecule has 0 bridgehead atoms. The minimum absolute atomic E-state index is 0.154. The average molecular weight is 403 g/mol. The zero-order valence-electron chi connectivity index (χ0n) is 15.7. The van der Waals surface area contributed by atoms with Crippen molar-refractivity contribution in [3.63, 3.8) is 0 Å². The molecule has 4 nitrogen and oxygen atoms in total. The van der Waals surface area contributed by atoms with Crippen LogP contribution in [0.2, 0.25) is 0 Å². The van der Waals surface area contributed by atoms with Gasteiger partial charge in [-0.25, -0.2) is 0 Å². The molecule has 0 aliphatic rings. The number of ether oxygens (including phenoxy) is 1.